The van der Waals surface area contributed by atoms with E-state index >= 15 is 0 Å². The van der Waals surface area contributed by atoms with Gasteiger partial charge in [-0.3, -0.25) is 4.79 Å². The van der Waals surface area contributed by atoms with Crippen molar-refractivity contribution in [1.29, 1.82) is 0 Å². The monoisotopic (exact) mass is 196 g/mol. The van der Waals surface area contributed by atoms with E-state index in [9.17, 15) is 4.79 Å². The number of rotatable bonds is 4. The van der Waals surface area contributed by atoms with Gasteiger partial charge in [-0.2, -0.15) is 4.98 Å². The fourth-order valence-corrected chi connectivity index (χ4v) is 0.956. The maximum atomic E-state index is 11.0. The van der Waals surface area contributed by atoms with E-state index in [4.69, 9.17) is 9.84 Å². The highest BCUT2D eigenvalue weighted by molar-refractivity contribution is 5.69. The van der Waals surface area contributed by atoms with Crippen molar-refractivity contribution in [2.24, 2.45) is 0 Å². The van der Waals surface area contributed by atoms with Gasteiger partial charge in [-0.1, -0.05) is 0 Å². The van der Waals surface area contributed by atoms with Gasteiger partial charge in [0.15, 0.2) is 0 Å². The first-order chi connectivity index (χ1) is 6.72. The van der Waals surface area contributed by atoms with Crippen molar-refractivity contribution in [3.8, 4) is 5.88 Å². The minimum atomic E-state index is -0.278. The summed E-state index contributed by atoms with van der Waals surface area (Å²) in [6, 6.07) is 1.38. The molecule has 14 heavy (non-hydrogen) atoms. The number of hydrogen-bond donors (Lipinski definition) is 1. The lowest BCUT2D eigenvalue weighted by atomic mass is 10.3. The number of ether oxygens (including phenoxy) is 1. The van der Waals surface area contributed by atoms with Crippen LogP contribution in [0.4, 0.5) is 0 Å². The van der Waals surface area contributed by atoms with Crippen molar-refractivity contribution in [3.05, 3.63) is 18.1 Å². The van der Waals surface area contributed by atoms with Gasteiger partial charge in [0.1, 0.15) is 5.82 Å². The van der Waals surface area contributed by atoms with Crippen molar-refractivity contribution in [2.45, 2.75) is 19.8 Å². The smallest absolute Gasteiger partial charge is 0.306 e. The Morgan fingerprint density at radius 2 is 2.43 bits per heavy atom. The third-order valence-corrected chi connectivity index (χ3v) is 1.55. The highest BCUT2D eigenvalue weighted by atomic mass is 16.5. The SMILES string of the molecule is CCOC(=O)CCc1nccc(O)n1. The Balaban J connectivity index is 2.41. The molecule has 1 N–H and O–H groups in total. The van der Waals surface area contributed by atoms with Crippen LogP contribution in [0, 0.1) is 0 Å². The average molecular weight is 196 g/mol. The molecule has 0 spiro atoms. The first kappa shape index (κ1) is 10.4. The molecule has 0 aliphatic carbocycles. The molecule has 0 radical (unpaired) electrons. The van der Waals surface area contributed by atoms with E-state index in [1.165, 1.54) is 12.3 Å². The standard InChI is InChI=1S/C9H12N2O3/c1-2-14-9(13)4-3-7-10-6-5-8(12)11-7/h5-6H,2-4H2,1H3,(H,10,11,12). The lowest BCUT2D eigenvalue weighted by molar-refractivity contribution is -0.143. The van der Waals surface area contributed by atoms with Gasteiger partial charge >= 0.3 is 5.97 Å². The van der Waals surface area contributed by atoms with Crippen LogP contribution in [-0.2, 0) is 16.0 Å². The number of esters is 1. The van der Waals surface area contributed by atoms with Gasteiger partial charge in [0, 0.05) is 18.7 Å². The van der Waals surface area contributed by atoms with Crippen LogP contribution >= 0.6 is 0 Å². The first-order valence-electron chi connectivity index (χ1n) is 4.39. The minimum Gasteiger partial charge on any atom is -0.493 e. The van der Waals surface area contributed by atoms with E-state index in [0.29, 0.717) is 18.9 Å². The van der Waals surface area contributed by atoms with Crippen LogP contribution in [0.25, 0.3) is 0 Å². The van der Waals surface area contributed by atoms with E-state index in [1.54, 1.807) is 6.92 Å². The van der Waals surface area contributed by atoms with Crippen molar-refractivity contribution in [2.75, 3.05) is 6.61 Å². The fraction of sp³-hybridized carbons (Fsp3) is 0.444. The van der Waals surface area contributed by atoms with E-state index in [1.807, 2.05) is 0 Å². The molecule has 5 nitrogen and oxygen atoms in total. The lowest BCUT2D eigenvalue weighted by Crippen LogP contribution is -2.06. The van der Waals surface area contributed by atoms with E-state index < -0.39 is 0 Å². The normalized spacial score (nSPS) is 9.79. The van der Waals surface area contributed by atoms with Crippen molar-refractivity contribution in [3.63, 3.8) is 0 Å². The largest absolute Gasteiger partial charge is 0.493 e. The molecule has 0 fully saturated rings. The van der Waals surface area contributed by atoms with Crippen LogP contribution in [0.5, 0.6) is 5.88 Å². The maximum Gasteiger partial charge on any atom is 0.306 e. The summed E-state index contributed by atoms with van der Waals surface area (Å²) < 4.78 is 4.74. The number of carbonyl (C=O) groups is 1. The summed E-state index contributed by atoms with van der Waals surface area (Å²) in [7, 11) is 0. The highest BCUT2D eigenvalue weighted by Crippen LogP contribution is 2.03. The van der Waals surface area contributed by atoms with Gasteiger partial charge in [0.2, 0.25) is 5.88 Å². The molecular weight excluding hydrogens is 184 g/mol. The quantitative estimate of drug-likeness (QED) is 0.717. The van der Waals surface area contributed by atoms with Gasteiger partial charge in [0.25, 0.3) is 0 Å². The van der Waals surface area contributed by atoms with Crippen LogP contribution in [0.2, 0.25) is 0 Å². The molecule has 5 heteroatoms. The molecule has 1 aromatic rings. The van der Waals surface area contributed by atoms with E-state index in [-0.39, 0.29) is 18.3 Å². The molecule has 0 aliphatic heterocycles. The fourth-order valence-electron chi connectivity index (χ4n) is 0.956. The second-order valence-electron chi connectivity index (χ2n) is 2.64. The Morgan fingerprint density at radius 3 is 3.07 bits per heavy atom. The molecule has 0 aliphatic rings. The predicted octanol–water partition coefficient (Wildman–Crippen LogP) is 0.678. The summed E-state index contributed by atoms with van der Waals surface area (Å²) in [5.41, 5.74) is 0. The van der Waals surface area contributed by atoms with Crippen LogP contribution in [-0.4, -0.2) is 27.7 Å². The predicted molar refractivity (Wildman–Crippen MR) is 48.7 cm³/mol. The number of nitrogens with zero attached hydrogens (tertiary/aromatic N) is 2. The molecule has 0 bridgehead atoms. The molecule has 0 amide bonds. The number of aromatic hydroxyl groups is 1. The summed E-state index contributed by atoms with van der Waals surface area (Å²) in [6.45, 7) is 2.13. The highest BCUT2D eigenvalue weighted by Gasteiger charge is 2.04. The molecule has 0 atom stereocenters. The summed E-state index contributed by atoms with van der Waals surface area (Å²) >= 11 is 0. The van der Waals surface area contributed by atoms with Gasteiger partial charge in [-0.05, 0) is 6.92 Å². The topological polar surface area (TPSA) is 72.3 Å². The second-order valence-corrected chi connectivity index (χ2v) is 2.64. The number of carbonyl (C=O) groups excluding carboxylic acids is 1. The third-order valence-electron chi connectivity index (χ3n) is 1.55. The van der Waals surface area contributed by atoms with Crippen LogP contribution in [0.1, 0.15) is 19.2 Å². The number of aryl methyl sites for hydroxylation is 1. The summed E-state index contributed by atoms with van der Waals surface area (Å²) in [5, 5.41) is 9.01. The average Bonchev–Trinajstić information content (AvgIpc) is 2.15. The molecule has 0 saturated heterocycles. The summed E-state index contributed by atoms with van der Waals surface area (Å²) in [5.74, 6) is 0.0800. The Morgan fingerprint density at radius 1 is 1.64 bits per heavy atom. The Hall–Kier alpha value is -1.65. The Kier molecular flexibility index (Phi) is 3.84. The van der Waals surface area contributed by atoms with Crippen LogP contribution in [0.3, 0.4) is 0 Å². The van der Waals surface area contributed by atoms with Gasteiger partial charge < -0.3 is 9.84 Å². The number of hydrogen-bond acceptors (Lipinski definition) is 5. The zero-order valence-corrected chi connectivity index (χ0v) is 7.93. The molecule has 1 heterocycles. The molecule has 0 unspecified atom stereocenters. The maximum absolute atomic E-state index is 11.0. The van der Waals surface area contributed by atoms with Crippen molar-refractivity contribution < 1.29 is 14.6 Å². The first-order valence-corrected chi connectivity index (χ1v) is 4.39. The van der Waals surface area contributed by atoms with E-state index in [2.05, 4.69) is 9.97 Å². The van der Waals surface area contributed by atoms with Crippen LogP contribution in [0.15, 0.2) is 12.3 Å². The van der Waals surface area contributed by atoms with Crippen molar-refractivity contribution >= 4 is 5.97 Å². The summed E-state index contributed by atoms with van der Waals surface area (Å²) in [4.78, 5) is 18.6. The zero-order chi connectivity index (χ0) is 10.4. The van der Waals surface area contributed by atoms with Gasteiger partial charge in [-0.15, -0.1) is 0 Å². The number of aromatic nitrogens is 2. The second kappa shape index (κ2) is 5.16. The molecule has 76 valence electrons. The molecule has 0 saturated carbocycles. The Bertz CT molecular complexity index is 315. The Labute approximate surface area is 81.8 Å². The molecule has 1 aromatic heterocycles. The molecular formula is C9H12N2O3. The minimum absolute atomic E-state index is 0.0844. The van der Waals surface area contributed by atoms with Crippen molar-refractivity contribution in [1.82, 2.24) is 9.97 Å². The zero-order valence-electron chi connectivity index (χ0n) is 7.93. The van der Waals surface area contributed by atoms with Crippen LogP contribution < -0.4 is 0 Å². The van der Waals surface area contributed by atoms with Gasteiger partial charge in [-0.25, -0.2) is 4.98 Å². The molecule has 0 aromatic carbocycles. The summed E-state index contributed by atoms with van der Waals surface area (Å²) in [6.07, 6.45) is 2.06. The lowest BCUT2D eigenvalue weighted by Gasteiger charge is -2.00. The molecule has 1 rings (SSSR count). The van der Waals surface area contributed by atoms with E-state index in [0.717, 1.165) is 0 Å². The van der Waals surface area contributed by atoms with Gasteiger partial charge in [0.05, 0.1) is 13.0 Å². The third kappa shape index (κ3) is 3.38.